The smallest absolute Gasteiger partial charge is 0.418 e. The van der Waals surface area contributed by atoms with Crippen LogP contribution >= 0.6 is 0 Å². The van der Waals surface area contributed by atoms with Crippen LogP contribution in [0, 0.1) is 10.1 Å². The molecule has 0 saturated carbocycles. The lowest BCUT2D eigenvalue weighted by Gasteiger charge is -2.40. The third-order valence-corrected chi connectivity index (χ3v) is 3.43. The lowest BCUT2D eigenvalue weighted by Crippen LogP contribution is -2.58. The lowest BCUT2D eigenvalue weighted by molar-refractivity contribution is -0.384. The number of ether oxygens (including phenoxy) is 1. The van der Waals surface area contributed by atoms with E-state index in [1.165, 1.54) is 4.90 Å². The second kappa shape index (κ2) is 6.41. The number of carbonyl (C=O) groups is 1. The molecule has 0 aromatic heterocycles. The summed E-state index contributed by atoms with van der Waals surface area (Å²) in [6.07, 6.45) is -5.31. The molecular formula is C15H18F3N3O4. The van der Waals surface area contributed by atoms with E-state index in [1.54, 1.807) is 20.8 Å². The van der Waals surface area contributed by atoms with Crippen LogP contribution in [0.1, 0.15) is 26.3 Å². The first-order valence-electron chi connectivity index (χ1n) is 7.47. The number of nitro groups is 1. The second-order valence-corrected chi connectivity index (χ2v) is 6.68. The van der Waals surface area contributed by atoms with Gasteiger partial charge in [0, 0.05) is 19.2 Å². The summed E-state index contributed by atoms with van der Waals surface area (Å²) in [6, 6.07) is 2.23. The van der Waals surface area contributed by atoms with Crippen molar-refractivity contribution in [3.63, 3.8) is 0 Å². The van der Waals surface area contributed by atoms with Gasteiger partial charge in [-0.2, -0.15) is 13.2 Å². The van der Waals surface area contributed by atoms with Crippen molar-refractivity contribution in [3.05, 3.63) is 33.9 Å². The van der Waals surface area contributed by atoms with Crippen molar-refractivity contribution in [2.45, 2.75) is 38.6 Å². The van der Waals surface area contributed by atoms with Crippen molar-refractivity contribution in [1.29, 1.82) is 0 Å². The van der Waals surface area contributed by atoms with Crippen LogP contribution in [-0.4, -0.2) is 40.6 Å². The highest BCUT2D eigenvalue weighted by molar-refractivity contribution is 5.71. The Bertz CT molecular complexity index is 680. The van der Waals surface area contributed by atoms with Gasteiger partial charge in [0.1, 0.15) is 11.3 Å². The van der Waals surface area contributed by atoms with Gasteiger partial charge >= 0.3 is 12.3 Å². The molecule has 1 fully saturated rings. The Labute approximate surface area is 141 Å². The Hall–Kier alpha value is -2.52. The fourth-order valence-electron chi connectivity index (χ4n) is 2.33. The van der Waals surface area contributed by atoms with Crippen LogP contribution in [0.2, 0.25) is 0 Å². The van der Waals surface area contributed by atoms with E-state index in [0.717, 1.165) is 18.2 Å². The molecule has 1 saturated heterocycles. The van der Waals surface area contributed by atoms with E-state index in [1.807, 2.05) is 0 Å². The third kappa shape index (κ3) is 4.52. The molecule has 1 N–H and O–H groups in total. The van der Waals surface area contributed by atoms with Gasteiger partial charge in [-0.05, 0) is 26.8 Å². The number of benzene rings is 1. The molecule has 1 aromatic carbocycles. The van der Waals surface area contributed by atoms with Crippen molar-refractivity contribution in [1.82, 2.24) is 4.90 Å². The first kappa shape index (κ1) is 18.8. The Morgan fingerprint density at radius 2 is 1.92 bits per heavy atom. The number of alkyl halides is 3. The van der Waals surface area contributed by atoms with Crippen LogP contribution in [0.3, 0.4) is 0 Å². The van der Waals surface area contributed by atoms with Crippen molar-refractivity contribution in [2.24, 2.45) is 0 Å². The fourth-order valence-corrected chi connectivity index (χ4v) is 2.33. The Morgan fingerprint density at radius 1 is 1.32 bits per heavy atom. The molecule has 1 aromatic rings. The van der Waals surface area contributed by atoms with Crippen LogP contribution in [0.25, 0.3) is 0 Å². The average Bonchev–Trinajstić information content (AvgIpc) is 2.38. The van der Waals surface area contributed by atoms with Gasteiger partial charge < -0.3 is 15.0 Å². The number of nitrogens with zero attached hydrogens (tertiary/aromatic N) is 2. The maximum absolute atomic E-state index is 13.1. The molecule has 7 nitrogen and oxygen atoms in total. The summed E-state index contributed by atoms with van der Waals surface area (Å²) in [5.74, 6) is 0. The number of hydrogen-bond donors (Lipinski definition) is 1. The van der Waals surface area contributed by atoms with Gasteiger partial charge in [0.15, 0.2) is 0 Å². The van der Waals surface area contributed by atoms with Crippen LogP contribution in [0.5, 0.6) is 0 Å². The number of likely N-dealkylation sites (tertiary alicyclic amines) is 1. The zero-order valence-corrected chi connectivity index (χ0v) is 13.9. The summed E-state index contributed by atoms with van der Waals surface area (Å²) in [6.45, 7) is 5.28. The molecule has 0 spiro atoms. The van der Waals surface area contributed by atoms with E-state index in [0.29, 0.717) is 0 Å². The summed E-state index contributed by atoms with van der Waals surface area (Å²) in [4.78, 5) is 23.3. The normalized spacial score (nSPS) is 15.5. The molecule has 1 aliphatic heterocycles. The largest absolute Gasteiger partial charge is 0.444 e. The first-order chi connectivity index (χ1) is 11.4. The number of para-hydroxylation sites is 1. The Balaban J connectivity index is 2.12. The number of nitrogens with one attached hydrogen (secondary N) is 1. The van der Waals surface area contributed by atoms with Gasteiger partial charge in [0.2, 0.25) is 0 Å². The quantitative estimate of drug-likeness (QED) is 0.656. The van der Waals surface area contributed by atoms with Crippen molar-refractivity contribution < 1.29 is 27.6 Å². The van der Waals surface area contributed by atoms with Gasteiger partial charge in [-0.3, -0.25) is 10.1 Å². The first-order valence-corrected chi connectivity index (χ1v) is 7.47. The zero-order valence-electron chi connectivity index (χ0n) is 13.9. The highest BCUT2D eigenvalue weighted by Gasteiger charge is 2.40. The molecule has 1 heterocycles. The van der Waals surface area contributed by atoms with Gasteiger partial charge in [0.25, 0.3) is 5.69 Å². The highest BCUT2D eigenvalue weighted by atomic mass is 19.4. The van der Waals surface area contributed by atoms with Crippen molar-refractivity contribution in [3.8, 4) is 0 Å². The van der Waals surface area contributed by atoms with Crippen LogP contribution in [0.4, 0.5) is 29.3 Å². The predicted molar refractivity (Wildman–Crippen MR) is 83.3 cm³/mol. The van der Waals surface area contributed by atoms with Gasteiger partial charge in [0.05, 0.1) is 16.5 Å². The number of rotatable bonds is 3. The monoisotopic (exact) mass is 361 g/mol. The molecule has 0 aliphatic carbocycles. The van der Waals surface area contributed by atoms with E-state index >= 15 is 0 Å². The molecule has 0 unspecified atom stereocenters. The standard InChI is InChI=1S/C15H18F3N3O4/c1-14(2,3)25-13(22)20-7-9(8-20)19-12-10(15(16,17)18)5-4-6-11(12)21(23)24/h4-6,9,19H,7-8H2,1-3H3. The second-order valence-electron chi connectivity index (χ2n) is 6.68. The summed E-state index contributed by atoms with van der Waals surface area (Å²) < 4.78 is 44.5. The predicted octanol–water partition coefficient (Wildman–Crippen LogP) is 3.64. The number of anilines is 1. The topological polar surface area (TPSA) is 84.7 Å². The summed E-state index contributed by atoms with van der Waals surface area (Å²) in [7, 11) is 0. The van der Waals surface area contributed by atoms with Crippen LogP contribution in [-0.2, 0) is 10.9 Å². The molecule has 1 aliphatic rings. The fraction of sp³-hybridized carbons (Fsp3) is 0.533. The van der Waals surface area contributed by atoms with Crippen LogP contribution < -0.4 is 5.32 Å². The molecule has 0 radical (unpaired) electrons. The molecule has 0 bridgehead atoms. The number of hydrogen-bond acceptors (Lipinski definition) is 5. The minimum absolute atomic E-state index is 0.0955. The third-order valence-electron chi connectivity index (χ3n) is 3.43. The van der Waals surface area contributed by atoms with Gasteiger partial charge in [-0.25, -0.2) is 4.79 Å². The minimum atomic E-state index is -4.73. The van der Waals surface area contributed by atoms with E-state index in [2.05, 4.69) is 5.32 Å². The summed E-state index contributed by atoms with van der Waals surface area (Å²) >= 11 is 0. The molecule has 2 rings (SSSR count). The number of halogens is 3. The molecule has 25 heavy (non-hydrogen) atoms. The molecule has 10 heteroatoms. The number of amides is 1. The SMILES string of the molecule is CC(C)(C)OC(=O)N1CC(Nc2c([N+](=O)[O-])cccc2C(F)(F)F)C1. The Kier molecular flexibility index (Phi) is 4.83. The Morgan fingerprint density at radius 3 is 2.40 bits per heavy atom. The molecule has 138 valence electrons. The van der Waals surface area contributed by atoms with Crippen molar-refractivity contribution in [2.75, 3.05) is 18.4 Å². The minimum Gasteiger partial charge on any atom is -0.444 e. The van der Waals surface area contributed by atoms with Gasteiger partial charge in [-0.1, -0.05) is 6.07 Å². The van der Waals surface area contributed by atoms with Crippen LogP contribution in [0.15, 0.2) is 18.2 Å². The van der Waals surface area contributed by atoms with E-state index in [-0.39, 0.29) is 13.1 Å². The number of nitro benzene ring substituents is 1. The lowest BCUT2D eigenvalue weighted by atomic mass is 10.1. The maximum atomic E-state index is 13.1. The van der Waals surface area contributed by atoms with E-state index in [9.17, 15) is 28.1 Å². The zero-order chi connectivity index (χ0) is 19.0. The molecular weight excluding hydrogens is 343 g/mol. The molecule has 0 atom stereocenters. The molecule has 1 amide bonds. The summed E-state index contributed by atoms with van der Waals surface area (Å²) in [5, 5.41) is 13.6. The van der Waals surface area contributed by atoms with E-state index < -0.39 is 45.8 Å². The van der Waals surface area contributed by atoms with Crippen molar-refractivity contribution >= 4 is 17.5 Å². The number of carbonyl (C=O) groups excluding carboxylic acids is 1. The summed E-state index contributed by atoms with van der Waals surface area (Å²) in [5.41, 5.74) is -3.05. The van der Waals surface area contributed by atoms with E-state index in [4.69, 9.17) is 4.74 Å². The highest BCUT2D eigenvalue weighted by Crippen LogP contribution is 2.40. The average molecular weight is 361 g/mol. The van der Waals surface area contributed by atoms with Gasteiger partial charge in [-0.15, -0.1) is 0 Å². The maximum Gasteiger partial charge on any atom is 0.418 e.